The number of hydrogen-bond acceptors (Lipinski definition) is 6. The van der Waals surface area contributed by atoms with Gasteiger partial charge in [-0.2, -0.15) is 0 Å². The molecule has 4 aromatic rings. The van der Waals surface area contributed by atoms with Crippen molar-refractivity contribution < 1.29 is 18.7 Å². The van der Waals surface area contributed by atoms with Crippen LogP contribution in [0.2, 0.25) is 0 Å². The largest absolute Gasteiger partial charge is 0.493 e. The zero-order valence-electron chi connectivity index (χ0n) is 27.4. The fraction of sp³-hybridized carbons (Fsp3) is 0.316. The first-order valence-corrected chi connectivity index (χ1v) is 16.3. The maximum absolute atomic E-state index is 15.6. The van der Waals surface area contributed by atoms with Crippen LogP contribution in [0.15, 0.2) is 78.9 Å². The van der Waals surface area contributed by atoms with E-state index >= 15 is 4.39 Å². The molecule has 1 aliphatic heterocycles. The lowest BCUT2D eigenvalue weighted by Crippen LogP contribution is -2.55. The van der Waals surface area contributed by atoms with E-state index in [0.29, 0.717) is 63.4 Å². The summed E-state index contributed by atoms with van der Waals surface area (Å²) in [5, 5.41) is 2.93. The highest BCUT2D eigenvalue weighted by Crippen LogP contribution is 2.36. The van der Waals surface area contributed by atoms with Crippen LogP contribution in [0.4, 0.5) is 10.1 Å². The highest BCUT2D eigenvalue weighted by atomic mass is 19.1. The Hall–Kier alpha value is -4.73. The molecule has 1 saturated heterocycles. The molecule has 1 heterocycles. The summed E-state index contributed by atoms with van der Waals surface area (Å²) >= 11 is 0. The third kappa shape index (κ3) is 7.32. The lowest BCUT2D eigenvalue weighted by molar-refractivity contribution is 0.0716. The van der Waals surface area contributed by atoms with E-state index in [1.807, 2.05) is 86.6 Å². The number of para-hydroxylation sites is 1. The van der Waals surface area contributed by atoms with Gasteiger partial charge in [-0.25, -0.2) is 4.39 Å². The molecule has 0 spiro atoms. The van der Waals surface area contributed by atoms with Crippen LogP contribution in [0.5, 0.6) is 5.75 Å². The molecule has 0 aliphatic carbocycles. The standard InChI is InChI=1S/C38H44FN5O3/c1-4-29-24-43(38(46)36-31(20-25(3)21-33(36)39)27-12-10-26(23-41)11-13-27)18-19-44(29)34-15-14-28(22-32(34)37(45)42-17-16-40)30-8-6-7-9-35(30)47-5-2/h6-15,20-22,29H,4-5,16-19,23-24,40-41H2,1-3H3,(H,42,45)/t29-/m1/s1. The van der Waals surface area contributed by atoms with Crippen LogP contribution in [-0.2, 0) is 6.54 Å². The number of hydrogen-bond donors (Lipinski definition) is 3. The van der Waals surface area contributed by atoms with E-state index in [1.54, 1.807) is 4.90 Å². The highest BCUT2D eigenvalue weighted by molar-refractivity contribution is 6.03. The number of benzene rings is 4. The van der Waals surface area contributed by atoms with Gasteiger partial charge in [0.05, 0.1) is 17.7 Å². The van der Waals surface area contributed by atoms with Gasteiger partial charge < -0.3 is 31.3 Å². The molecule has 5 N–H and O–H groups in total. The Kier molecular flexibility index (Phi) is 10.9. The molecule has 1 aliphatic rings. The van der Waals surface area contributed by atoms with Gasteiger partial charge in [0.15, 0.2) is 0 Å². The monoisotopic (exact) mass is 637 g/mol. The number of rotatable bonds is 11. The summed E-state index contributed by atoms with van der Waals surface area (Å²) < 4.78 is 21.5. The van der Waals surface area contributed by atoms with Gasteiger partial charge in [-0.1, -0.05) is 61.5 Å². The fourth-order valence-corrected chi connectivity index (χ4v) is 6.28. The Morgan fingerprint density at radius 3 is 2.38 bits per heavy atom. The van der Waals surface area contributed by atoms with Crippen LogP contribution in [0, 0.1) is 12.7 Å². The molecule has 4 aromatic carbocycles. The van der Waals surface area contributed by atoms with E-state index in [9.17, 15) is 9.59 Å². The van der Waals surface area contributed by atoms with Gasteiger partial charge in [-0.05, 0) is 72.4 Å². The maximum atomic E-state index is 15.6. The Bertz CT molecular complexity index is 1730. The molecule has 8 nitrogen and oxygen atoms in total. The molecule has 0 bridgehead atoms. The molecule has 5 rings (SSSR count). The molecular formula is C38H44FN5O3. The topological polar surface area (TPSA) is 114 Å². The summed E-state index contributed by atoms with van der Waals surface area (Å²) in [7, 11) is 0. The Morgan fingerprint density at radius 2 is 1.68 bits per heavy atom. The summed E-state index contributed by atoms with van der Waals surface area (Å²) in [5.41, 5.74) is 17.6. The number of carbonyl (C=O) groups is 2. The van der Waals surface area contributed by atoms with E-state index in [1.165, 1.54) is 6.07 Å². The van der Waals surface area contributed by atoms with Gasteiger partial charge in [0.1, 0.15) is 11.6 Å². The molecule has 0 aromatic heterocycles. The molecule has 1 fully saturated rings. The maximum Gasteiger partial charge on any atom is 0.257 e. The number of nitrogens with zero attached hydrogens (tertiary/aromatic N) is 2. The Morgan fingerprint density at radius 1 is 0.936 bits per heavy atom. The smallest absolute Gasteiger partial charge is 0.257 e. The van der Waals surface area contributed by atoms with Crippen LogP contribution in [0.1, 0.15) is 52.1 Å². The normalized spacial score (nSPS) is 14.6. The first-order chi connectivity index (χ1) is 22.8. The van der Waals surface area contributed by atoms with Gasteiger partial charge in [0, 0.05) is 56.6 Å². The summed E-state index contributed by atoms with van der Waals surface area (Å²) in [6, 6.07) is 24.4. The SMILES string of the molecule is CCOc1ccccc1-c1ccc(N2CCN(C(=O)c3c(F)cc(C)cc3-c3ccc(CN)cc3)C[C@H]2CC)c(C(=O)NCCN)c1. The fourth-order valence-electron chi connectivity index (χ4n) is 6.28. The zero-order valence-corrected chi connectivity index (χ0v) is 27.4. The second kappa shape index (κ2) is 15.2. The molecule has 9 heteroatoms. The minimum atomic E-state index is -0.537. The van der Waals surface area contributed by atoms with E-state index in [0.717, 1.165) is 39.3 Å². The summed E-state index contributed by atoms with van der Waals surface area (Å²) in [5.74, 6) is -0.360. The average molecular weight is 638 g/mol. The zero-order chi connectivity index (χ0) is 33.5. The number of anilines is 1. The molecule has 1 atom stereocenters. The van der Waals surface area contributed by atoms with Gasteiger partial charge in [-0.15, -0.1) is 0 Å². The van der Waals surface area contributed by atoms with E-state index in [2.05, 4.69) is 17.1 Å². The minimum Gasteiger partial charge on any atom is -0.493 e. The predicted molar refractivity (Wildman–Crippen MR) is 186 cm³/mol. The lowest BCUT2D eigenvalue weighted by atomic mass is 9.94. The quantitative estimate of drug-likeness (QED) is 0.193. The van der Waals surface area contributed by atoms with Crippen molar-refractivity contribution in [3.05, 3.63) is 107 Å². The van der Waals surface area contributed by atoms with Crippen LogP contribution in [0.25, 0.3) is 22.3 Å². The molecule has 246 valence electrons. The number of carbonyl (C=O) groups excluding carboxylic acids is 2. The third-order valence-electron chi connectivity index (χ3n) is 8.67. The number of nitrogens with one attached hydrogen (secondary N) is 1. The predicted octanol–water partition coefficient (Wildman–Crippen LogP) is 5.76. The van der Waals surface area contributed by atoms with Crippen molar-refractivity contribution in [2.24, 2.45) is 11.5 Å². The second-order valence-electron chi connectivity index (χ2n) is 11.8. The van der Waals surface area contributed by atoms with Crippen LogP contribution in [0.3, 0.4) is 0 Å². The minimum absolute atomic E-state index is 0.0681. The highest BCUT2D eigenvalue weighted by Gasteiger charge is 2.33. The number of aryl methyl sites for hydroxylation is 1. The lowest BCUT2D eigenvalue weighted by Gasteiger charge is -2.43. The second-order valence-corrected chi connectivity index (χ2v) is 11.8. The molecular weight excluding hydrogens is 593 g/mol. The molecule has 0 radical (unpaired) electrons. The summed E-state index contributed by atoms with van der Waals surface area (Å²) in [6.45, 7) is 8.63. The van der Waals surface area contributed by atoms with E-state index < -0.39 is 5.82 Å². The van der Waals surface area contributed by atoms with Crippen LogP contribution < -0.4 is 26.4 Å². The van der Waals surface area contributed by atoms with Crippen molar-refractivity contribution in [1.29, 1.82) is 0 Å². The van der Waals surface area contributed by atoms with E-state index in [4.69, 9.17) is 16.2 Å². The summed E-state index contributed by atoms with van der Waals surface area (Å²) in [6.07, 6.45) is 0.715. The number of amides is 2. The van der Waals surface area contributed by atoms with E-state index in [-0.39, 0.29) is 23.4 Å². The molecule has 0 unspecified atom stereocenters. The molecule has 2 amide bonds. The number of ether oxygens (including phenoxy) is 1. The first-order valence-electron chi connectivity index (χ1n) is 16.3. The van der Waals surface area contributed by atoms with Gasteiger partial charge in [0.25, 0.3) is 11.8 Å². The Labute approximate surface area is 276 Å². The first kappa shape index (κ1) is 33.6. The average Bonchev–Trinajstić information content (AvgIpc) is 3.10. The van der Waals surface area contributed by atoms with Gasteiger partial charge in [-0.3, -0.25) is 9.59 Å². The molecule has 0 saturated carbocycles. The van der Waals surface area contributed by atoms with Crippen molar-refractivity contribution in [2.45, 2.75) is 39.8 Å². The van der Waals surface area contributed by atoms with Crippen LogP contribution in [-0.4, -0.2) is 62.1 Å². The van der Waals surface area contributed by atoms with Crippen molar-refractivity contribution in [3.63, 3.8) is 0 Å². The van der Waals surface area contributed by atoms with Gasteiger partial charge >= 0.3 is 0 Å². The van der Waals surface area contributed by atoms with Crippen LogP contribution >= 0.6 is 0 Å². The van der Waals surface area contributed by atoms with Crippen molar-refractivity contribution >= 4 is 17.5 Å². The third-order valence-corrected chi connectivity index (χ3v) is 8.67. The number of nitrogens with two attached hydrogens (primary N) is 2. The van der Waals surface area contributed by atoms with Crippen molar-refractivity contribution in [2.75, 3.05) is 44.2 Å². The number of halogens is 1. The van der Waals surface area contributed by atoms with Gasteiger partial charge in [0.2, 0.25) is 0 Å². The van der Waals surface area contributed by atoms with Crippen molar-refractivity contribution in [3.8, 4) is 28.0 Å². The number of piperazine rings is 1. The Balaban J connectivity index is 1.47. The summed E-state index contributed by atoms with van der Waals surface area (Å²) in [4.78, 5) is 31.6. The molecule has 47 heavy (non-hydrogen) atoms. The van der Waals surface area contributed by atoms with Crippen molar-refractivity contribution in [1.82, 2.24) is 10.2 Å².